The van der Waals surface area contributed by atoms with Gasteiger partial charge in [-0.3, -0.25) is 0 Å². The Bertz CT molecular complexity index is 574. The zero-order chi connectivity index (χ0) is 14.9. The number of rotatable bonds is 5. The fourth-order valence-electron chi connectivity index (χ4n) is 2.88. The van der Waals surface area contributed by atoms with Crippen LogP contribution < -0.4 is 0 Å². The highest BCUT2D eigenvalue weighted by Gasteiger charge is 2.34. The fourth-order valence-corrected chi connectivity index (χ4v) is 2.88. The quantitative estimate of drug-likeness (QED) is 0.848. The van der Waals surface area contributed by atoms with Gasteiger partial charge in [0.25, 0.3) is 0 Å². The van der Waals surface area contributed by atoms with Crippen LogP contribution in [0.1, 0.15) is 46.3 Å². The second-order valence-electron chi connectivity index (χ2n) is 6.52. The van der Waals surface area contributed by atoms with Gasteiger partial charge in [0.2, 0.25) is 0 Å². The molecule has 1 heterocycles. The molecule has 0 saturated heterocycles. The van der Waals surface area contributed by atoms with Crippen molar-refractivity contribution in [3.63, 3.8) is 0 Å². The second kappa shape index (κ2) is 5.57. The van der Waals surface area contributed by atoms with E-state index in [0.29, 0.717) is 41.4 Å². The van der Waals surface area contributed by atoms with Crippen molar-refractivity contribution in [2.75, 3.05) is 0 Å². The van der Waals surface area contributed by atoms with Crippen LogP contribution in [0.2, 0.25) is 0 Å². The van der Waals surface area contributed by atoms with E-state index in [1.165, 1.54) is 12.1 Å². The van der Waals surface area contributed by atoms with E-state index >= 15 is 0 Å². The highest BCUT2D eigenvalue weighted by molar-refractivity contribution is 5.78. The molecular formula is C17H23FO2. The van der Waals surface area contributed by atoms with Crippen molar-refractivity contribution in [2.24, 2.45) is 11.8 Å². The van der Waals surface area contributed by atoms with Crippen LogP contribution in [0, 0.1) is 17.7 Å². The summed E-state index contributed by atoms with van der Waals surface area (Å²) in [5.74, 6) is 0.953. The van der Waals surface area contributed by atoms with Crippen LogP contribution in [0.4, 0.5) is 4.39 Å². The van der Waals surface area contributed by atoms with E-state index < -0.39 is 5.60 Å². The molecule has 0 bridgehead atoms. The van der Waals surface area contributed by atoms with Crippen LogP contribution >= 0.6 is 0 Å². The second-order valence-corrected chi connectivity index (χ2v) is 6.52. The third-order valence-corrected chi connectivity index (χ3v) is 3.43. The summed E-state index contributed by atoms with van der Waals surface area (Å²) in [5, 5.41) is 11.7. The number of fused-ring (bicyclic) bond motifs is 1. The smallest absolute Gasteiger partial charge is 0.136 e. The van der Waals surface area contributed by atoms with Crippen molar-refractivity contribution in [1.29, 1.82) is 0 Å². The van der Waals surface area contributed by atoms with E-state index in [1.54, 1.807) is 12.1 Å². The Balaban J connectivity index is 2.44. The molecule has 3 heteroatoms. The zero-order valence-corrected chi connectivity index (χ0v) is 12.6. The molecule has 110 valence electrons. The zero-order valence-electron chi connectivity index (χ0n) is 12.6. The van der Waals surface area contributed by atoms with Crippen LogP contribution in [0.3, 0.4) is 0 Å². The molecule has 1 aromatic carbocycles. The van der Waals surface area contributed by atoms with Gasteiger partial charge in [-0.15, -0.1) is 0 Å². The summed E-state index contributed by atoms with van der Waals surface area (Å²) >= 11 is 0. The monoisotopic (exact) mass is 278 g/mol. The lowest BCUT2D eigenvalue weighted by molar-refractivity contribution is -0.0222. The van der Waals surface area contributed by atoms with E-state index in [2.05, 4.69) is 27.7 Å². The summed E-state index contributed by atoms with van der Waals surface area (Å²) in [7, 11) is 0. The van der Waals surface area contributed by atoms with Crippen molar-refractivity contribution in [2.45, 2.75) is 46.1 Å². The minimum atomic E-state index is -0.988. The molecule has 0 fully saturated rings. The van der Waals surface area contributed by atoms with Gasteiger partial charge < -0.3 is 9.52 Å². The fraction of sp³-hybridized carbons (Fsp3) is 0.529. The number of hydrogen-bond acceptors (Lipinski definition) is 2. The first-order valence-electron chi connectivity index (χ1n) is 7.22. The number of benzene rings is 1. The van der Waals surface area contributed by atoms with E-state index in [1.807, 2.05) is 0 Å². The van der Waals surface area contributed by atoms with E-state index in [-0.39, 0.29) is 5.82 Å². The summed E-state index contributed by atoms with van der Waals surface area (Å²) in [4.78, 5) is 0. The van der Waals surface area contributed by atoms with E-state index in [9.17, 15) is 9.50 Å². The van der Waals surface area contributed by atoms with Crippen molar-refractivity contribution >= 4 is 11.0 Å². The molecule has 1 N–H and O–H groups in total. The Hall–Kier alpha value is -1.35. The Morgan fingerprint density at radius 1 is 1.10 bits per heavy atom. The lowest BCUT2D eigenvalue weighted by Crippen LogP contribution is -2.29. The lowest BCUT2D eigenvalue weighted by atomic mass is 9.83. The Morgan fingerprint density at radius 3 is 2.25 bits per heavy atom. The van der Waals surface area contributed by atoms with Gasteiger partial charge >= 0.3 is 0 Å². The van der Waals surface area contributed by atoms with Crippen molar-refractivity contribution in [1.82, 2.24) is 0 Å². The minimum Gasteiger partial charge on any atom is -0.458 e. The molecule has 0 atom stereocenters. The predicted molar refractivity (Wildman–Crippen MR) is 79.0 cm³/mol. The first-order chi connectivity index (χ1) is 9.30. The molecule has 20 heavy (non-hydrogen) atoms. The summed E-state index contributed by atoms with van der Waals surface area (Å²) in [6, 6.07) is 6.19. The lowest BCUT2D eigenvalue weighted by Gasteiger charge is -2.29. The van der Waals surface area contributed by atoms with Gasteiger partial charge in [-0.1, -0.05) is 27.7 Å². The summed E-state index contributed by atoms with van der Waals surface area (Å²) < 4.78 is 19.0. The minimum absolute atomic E-state index is 0.291. The van der Waals surface area contributed by atoms with Gasteiger partial charge in [0.05, 0.1) is 0 Å². The van der Waals surface area contributed by atoms with Crippen molar-refractivity contribution in [3.05, 3.63) is 35.8 Å². The third kappa shape index (κ3) is 3.21. The van der Waals surface area contributed by atoms with Gasteiger partial charge in [-0.25, -0.2) is 4.39 Å². The van der Waals surface area contributed by atoms with Gasteiger partial charge in [-0.2, -0.15) is 0 Å². The van der Waals surface area contributed by atoms with Crippen LogP contribution in [-0.2, 0) is 5.60 Å². The average Bonchev–Trinajstić information content (AvgIpc) is 2.69. The van der Waals surface area contributed by atoms with E-state index in [4.69, 9.17) is 4.42 Å². The molecule has 0 spiro atoms. The molecule has 0 unspecified atom stereocenters. The maximum atomic E-state index is 13.3. The summed E-state index contributed by atoms with van der Waals surface area (Å²) in [6.45, 7) is 8.31. The summed E-state index contributed by atoms with van der Waals surface area (Å²) in [5.41, 5.74) is -0.370. The number of furan rings is 1. The normalized spacial score (nSPS) is 12.8. The number of aliphatic hydroxyl groups is 1. The molecule has 2 nitrogen and oxygen atoms in total. The molecule has 0 saturated carbocycles. The van der Waals surface area contributed by atoms with Gasteiger partial charge in [-0.05, 0) is 48.9 Å². The molecule has 0 aliphatic carbocycles. The first kappa shape index (κ1) is 15.0. The largest absolute Gasteiger partial charge is 0.458 e. The Kier molecular flexibility index (Phi) is 4.19. The van der Waals surface area contributed by atoms with Crippen LogP contribution in [0.5, 0.6) is 0 Å². The van der Waals surface area contributed by atoms with Gasteiger partial charge in [0.1, 0.15) is 22.8 Å². The maximum absolute atomic E-state index is 13.3. The first-order valence-corrected chi connectivity index (χ1v) is 7.22. The molecule has 0 aliphatic heterocycles. The number of halogens is 1. The van der Waals surface area contributed by atoms with Gasteiger partial charge in [0, 0.05) is 5.39 Å². The molecule has 2 rings (SSSR count). The Labute approximate surface area is 119 Å². The molecule has 0 radical (unpaired) electrons. The molecule has 0 amide bonds. The van der Waals surface area contributed by atoms with Crippen LogP contribution in [-0.4, -0.2) is 5.11 Å². The van der Waals surface area contributed by atoms with Crippen LogP contribution in [0.25, 0.3) is 11.0 Å². The highest BCUT2D eigenvalue weighted by atomic mass is 19.1. The SMILES string of the molecule is CC(C)CC(O)(CC(C)C)c1cc2cc(F)ccc2o1. The van der Waals surface area contributed by atoms with Crippen molar-refractivity contribution in [3.8, 4) is 0 Å². The standard InChI is InChI=1S/C17H23FO2/c1-11(2)9-17(19,10-12(3)4)16-8-13-7-14(18)5-6-15(13)20-16/h5-8,11-12,19H,9-10H2,1-4H3. The molecule has 1 aromatic heterocycles. The molecule has 0 aliphatic rings. The van der Waals surface area contributed by atoms with Gasteiger partial charge in [0.15, 0.2) is 0 Å². The van der Waals surface area contributed by atoms with Crippen molar-refractivity contribution < 1.29 is 13.9 Å². The summed E-state index contributed by atoms with van der Waals surface area (Å²) in [6.07, 6.45) is 1.26. The topological polar surface area (TPSA) is 33.4 Å². The predicted octanol–water partition coefficient (Wildman–Crippen LogP) is 4.85. The number of hydrogen-bond donors (Lipinski definition) is 1. The van der Waals surface area contributed by atoms with Crippen LogP contribution in [0.15, 0.2) is 28.7 Å². The molecular weight excluding hydrogens is 255 g/mol. The Morgan fingerprint density at radius 2 is 1.70 bits per heavy atom. The highest BCUT2D eigenvalue weighted by Crippen LogP contribution is 2.37. The maximum Gasteiger partial charge on any atom is 0.136 e. The van der Waals surface area contributed by atoms with E-state index in [0.717, 1.165) is 0 Å². The average molecular weight is 278 g/mol. The third-order valence-electron chi connectivity index (χ3n) is 3.43. The molecule has 2 aromatic rings.